The number of allylic oxidation sites excluding steroid dienone is 2. The molecule has 2 heteroatoms. The molecule has 58 valence electrons. The fourth-order valence-electron chi connectivity index (χ4n) is 0.521. The Morgan fingerprint density at radius 3 is 1.60 bits per heavy atom. The lowest BCUT2D eigenvalue weighted by atomic mass is 10.3. The number of rotatable bonds is 5. The van der Waals surface area contributed by atoms with Gasteiger partial charge in [0, 0.05) is 0 Å². The number of hydrogen-bond donors (Lipinski definition) is 0. The lowest BCUT2D eigenvalue weighted by molar-refractivity contribution is 0.334. The topological polar surface area (TPSA) is 18.5 Å². The summed E-state index contributed by atoms with van der Waals surface area (Å²) >= 11 is 0. The van der Waals surface area contributed by atoms with Gasteiger partial charge in [-0.1, -0.05) is 0 Å². The number of unbranched alkanes of at least 4 members (excludes halogenated alkanes) is 1. The van der Waals surface area contributed by atoms with Crippen LogP contribution < -0.4 is 0 Å². The summed E-state index contributed by atoms with van der Waals surface area (Å²) in [6, 6.07) is 0. The van der Waals surface area contributed by atoms with E-state index >= 15 is 0 Å². The van der Waals surface area contributed by atoms with Crippen LogP contribution in [-0.4, -0.2) is 14.2 Å². The average Bonchev–Trinajstić information content (AvgIpc) is 1.97. The van der Waals surface area contributed by atoms with Crippen LogP contribution in [0.1, 0.15) is 12.8 Å². The van der Waals surface area contributed by atoms with Crippen molar-refractivity contribution < 1.29 is 9.47 Å². The Labute approximate surface area is 62.1 Å². The molecule has 0 N–H and O–H groups in total. The predicted molar refractivity (Wildman–Crippen MR) is 41.5 cm³/mol. The molecule has 0 atom stereocenters. The SMILES string of the molecule is CO/C=C\CC/C=C/OC. The van der Waals surface area contributed by atoms with Crippen molar-refractivity contribution in [2.75, 3.05) is 14.2 Å². The minimum atomic E-state index is 0.994. The second-order valence-electron chi connectivity index (χ2n) is 1.79. The summed E-state index contributed by atoms with van der Waals surface area (Å²) in [6.07, 6.45) is 9.29. The molecule has 0 saturated carbocycles. The molecule has 0 aliphatic carbocycles. The molecule has 0 bridgehead atoms. The van der Waals surface area contributed by atoms with E-state index in [1.165, 1.54) is 0 Å². The van der Waals surface area contributed by atoms with Gasteiger partial charge < -0.3 is 9.47 Å². The molecule has 0 unspecified atom stereocenters. The van der Waals surface area contributed by atoms with E-state index in [1.807, 2.05) is 12.2 Å². The minimum absolute atomic E-state index is 0.994. The van der Waals surface area contributed by atoms with Crippen molar-refractivity contribution >= 4 is 0 Å². The lowest BCUT2D eigenvalue weighted by Gasteiger charge is -1.87. The Kier molecular flexibility index (Phi) is 7.34. The molecule has 0 saturated heterocycles. The Morgan fingerprint density at radius 1 is 0.900 bits per heavy atom. The highest BCUT2D eigenvalue weighted by molar-refractivity contribution is 4.80. The largest absolute Gasteiger partial charge is 0.505 e. The summed E-state index contributed by atoms with van der Waals surface area (Å²) in [5.41, 5.74) is 0. The van der Waals surface area contributed by atoms with Gasteiger partial charge in [0.15, 0.2) is 0 Å². The number of ether oxygens (including phenoxy) is 2. The molecule has 0 rings (SSSR count). The molecule has 2 nitrogen and oxygen atoms in total. The van der Waals surface area contributed by atoms with Crippen molar-refractivity contribution in [2.24, 2.45) is 0 Å². The second-order valence-corrected chi connectivity index (χ2v) is 1.79. The van der Waals surface area contributed by atoms with Crippen molar-refractivity contribution in [1.29, 1.82) is 0 Å². The third-order valence-corrected chi connectivity index (χ3v) is 0.965. The zero-order valence-electron chi connectivity index (χ0n) is 6.54. The van der Waals surface area contributed by atoms with E-state index in [-0.39, 0.29) is 0 Å². The van der Waals surface area contributed by atoms with Crippen LogP contribution in [0.15, 0.2) is 24.7 Å². The lowest BCUT2D eigenvalue weighted by Crippen LogP contribution is -1.69. The Hall–Kier alpha value is -0.920. The van der Waals surface area contributed by atoms with Crippen LogP contribution in [-0.2, 0) is 9.47 Å². The zero-order valence-corrected chi connectivity index (χ0v) is 6.54. The van der Waals surface area contributed by atoms with E-state index in [2.05, 4.69) is 0 Å². The maximum Gasteiger partial charge on any atom is 0.0784 e. The van der Waals surface area contributed by atoms with Crippen LogP contribution in [0.5, 0.6) is 0 Å². The van der Waals surface area contributed by atoms with Crippen LogP contribution in [0, 0.1) is 0 Å². The zero-order chi connectivity index (χ0) is 7.66. The van der Waals surface area contributed by atoms with E-state index in [0.717, 1.165) is 12.8 Å². The summed E-state index contributed by atoms with van der Waals surface area (Å²) in [5, 5.41) is 0. The van der Waals surface area contributed by atoms with E-state index in [0.29, 0.717) is 0 Å². The van der Waals surface area contributed by atoms with Gasteiger partial charge in [-0.05, 0) is 25.0 Å². The first kappa shape index (κ1) is 9.08. The molecule has 0 fully saturated rings. The van der Waals surface area contributed by atoms with Gasteiger partial charge in [0.1, 0.15) is 0 Å². The first-order valence-corrected chi connectivity index (χ1v) is 3.27. The van der Waals surface area contributed by atoms with Gasteiger partial charge in [0.2, 0.25) is 0 Å². The van der Waals surface area contributed by atoms with Crippen LogP contribution in [0.4, 0.5) is 0 Å². The molecule has 0 aliphatic heterocycles. The molecular formula is C8H14O2. The van der Waals surface area contributed by atoms with Crippen LogP contribution in [0.25, 0.3) is 0 Å². The maximum atomic E-state index is 4.71. The van der Waals surface area contributed by atoms with Crippen LogP contribution in [0.2, 0.25) is 0 Å². The molecule has 0 heterocycles. The second kappa shape index (κ2) is 8.08. The molecular weight excluding hydrogens is 128 g/mol. The van der Waals surface area contributed by atoms with Crippen molar-refractivity contribution in [3.8, 4) is 0 Å². The smallest absolute Gasteiger partial charge is 0.0784 e. The molecule has 10 heavy (non-hydrogen) atoms. The molecule has 0 aromatic carbocycles. The normalized spacial score (nSPS) is 11.0. The average molecular weight is 142 g/mol. The van der Waals surface area contributed by atoms with Crippen LogP contribution in [0.3, 0.4) is 0 Å². The predicted octanol–water partition coefficient (Wildman–Crippen LogP) is 2.09. The van der Waals surface area contributed by atoms with Crippen molar-refractivity contribution in [2.45, 2.75) is 12.8 Å². The summed E-state index contributed by atoms with van der Waals surface area (Å²) in [4.78, 5) is 0. The van der Waals surface area contributed by atoms with Crippen molar-refractivity contribution in [3.63, 3.8) is 0 Å². The summed E-state index contributed by atoms with van der Waals surface area (Å²) in [7, 11) is 3.28. The monoisotopic (exact) mass is 142 g/mol. The molecule has 0 aliphatic rings. The first-order chi connectivity index (χ1) is 4.91. The van der Waals surface area contributed by atoms with Gasteiger partial charge >= 0.3 is 0 Å². The highest BCUT2D eigenvalue weighted by Crippen LogP contribution is 1.92. The third kappa shape index (κ3) is 7.08. The highest BCUT2D eigenvalue weighted by atomic mass is 16.5. The number of hydrogen-bond acceptors (Lipinski definition) is 2. The maximum absolute atomic E-state index is 4.71. The van der Waals surface area contributed by atoms with Gasteiger partial charge in [-0.25, -0.2) is 0 Å². The quantitative estimate of drug-likeness (QED) is 0.432. The van der Waals surface area contributed by atoms with E-state index in [4.69, 9.17) is 9.47 Å². The first-order valence-electron chi connectivity index (χ1n) is 3.27. The van der Waals surface area contributed by atoms with Gasteiger partial charge in [0.05, 0.1) is 26.7 Å². The van der Waals surface area contributed by atoms with Crippen molar-refractivity contribution in [1.82, 2.24) is 0 Å². The molecule has 0 radical (unpaired) electrons. The summed E-state index contributed by atoms with van der Waals surface area (Å²) in [5.74, 6) is 0. The fraction of sp³-hybridized carbons (Fsp3) is 0.500. The standard InChI is InChI=1S/C8H14O2/c1-9-7-5-3-4-6-8-10-2/h5-8H,3-4H2,1-2H3/b7-5-,8-6+. The third-order valence-electron chi connectivity index (χ3n) is 0.965. The van der Waals surface area contributed by atoms with Crippen molar-refractivity contribution in [3.05, 3.63) is 24.7 Å². The van der Waals surface area contributed by atoms with E-state index < -0.39 is 0 Å². The number of methoxy groups -OCH3 is 2. The Morgan fingerprint density at radius 2 is 1.30 bits per heavy atom. The van der Waals surface area contributed by atoms with E-state index in [9.17, 15) is 0 Å². The van der Waals surface area contributed by atoms with Gasteiger partial charge in [-0.3, -0.25) is 0 Å². The van der Waals surface area contributed by atoms with Gasteiger partial charge in [0.25, 0.3) is 0 Å². The summed E-state index contributed by atoms with van der Waals surface area (Å²) < 4.78 is 9.42. The van der Waals surface area contributed by atoms with Gasteiger partial charge in [-0.2, -0.15) is 0 Å². The molecule has 0 amide bonds. The summed E-state index contributed by atoms with van der Waals surface area (Å²) in [6.45, 7) is 0. The van der Waals surface area contributed by atoms with Gasteiger partial charge in [-0.15, -0.1) is 0 Å². The highest BCUT2D eigenvalue weighted by Gasteiger charge is 1.74. The molecule has 0 spiro atoms. The molecule has 0 aromatic rings. The molecule has 0 aromatic heterocycles. The Balaban J connectivity index is 3.04. The Bertz CT molecular complexity index is 91.8. The van der Waals surface area contributed by atoms with Crippen LogP contribution >= 0.6 is 0 Å². The fourth-order valence-corrected chi connectivity index (χ4v) is 0.521. The minimum Gasteiger partial charge on any atom is -0.505 e. The van der Waals surface area contributed by atoms with E-state index in [1.54, 1.807) is 26.7 Å².